The summed E-state index contributed by atoms with van der Waals surface area (Å²) < 4.78 is 35.9. The van der Waals surface area contributed by atoms with E-state index in [0.717, 1.165) is 44.3 Å². The molecule has 2 fully saturated rings. The number of hydrogen-bond donors (Lipinski definition) is 1. The van der Waals surface area contributed by atoms with E-state index in [0.29, 0.717) is 18.6 Å². The third kappa shape index (κ3) is 4.53. The van der Waals surface area contributed by atoms with Gasteiger partial charge in [0.2, 0.25) is 0 Å². The van der Waals surface area contributed by atoms with Gasteiger partial charge in [0.1, 0.15) is 0 Å². The predicted molar refractivity (Wildman–Crippen MR) is 92.6 cm³/mol. The van der Waals surface area contributed by atoms with Crippen LogP contribution >= 0.6 is 12.4 Å². The van der Waals surface area contributed by atoms with E-state index in [1.165, 1.54) is 6.07 Å². The Kier molecular flexibility index (Phi) is 6.86. The second kappa shape index (κ2) is 8.68. The molecule has 0 radical (unpaired) electrons. The van der Waals surface area contributed by atoms with Gasteiger partial charge in [-0.25, -0.2) is 0 Å². The zero-order chi connectivity index (χ0) is 17.0. The molecule has 3 rings (SSSR count). The first-order valence-corrected chi connectivity index (χ1v) is 8.51. The van der Waals surface area contributed by atoms with Crippen LogP contribution in [0.4, 0.5) is 8.78 Å². The van der Waals surface area contributed by atoms with Crippen molar-refractivity contribution >= 4 is 12.4 Å². The lowest BCUT2D eigenvalue weighted by Gasteiger charge is -2.32. The van der Waals surface area contributed by atoms with Crippen LogP contribution < -0.4 is 14.8 Å². The highest BCUT2D eigenvalue weighted by Gasteiger charge is 2.35. The molecular formula is C18H23ClF2N2O2. The first-order chi connectivity index (χ1) is 11.6. The number of halogens is 3. The number of alkyl halides is 2. The summed E-state index contributed by atoms with van der Waals surface area (Å²) in [5, 5.41) is 13.0. The van der Waals surface area contributed by atoms with Crippen molar-refractivity contribution in [1.29, 1.82) is 5.26 Å². The van der Waals surface area contributed by atoms with Gasteiger partial charge in [0.15, 0.2) is 11.5 Å². The molecule has 1 aromatic rings. The Hall–Kier alpha value is -1.58. The number of rotatable bonds is 5. The summed E-state index contributed by atoms with van der Waals surface area (Å²) in [5.74, 6) is 0.371. The maximum atomic E-state index is 12.7. The summed E-state index contributed by atoms with van der Waals surface area (Å²) in [4.78, 5) is 0. The van der Waals surface area contributed by atoms with Gasteiger partial charge in [0.25, 0.3) is 0 Å². The summed E-state index contributed by atoms with van der Waals surface area (Å²) in [6.07, 6.45) is 5.44. The number of benzene rings is 1. The average molecular weight is 373 g/mol. The lowest BCUT2D eigenvalue weighted by atomic mass is 9.74. The lowest BCUT2D eigenvalue weighted by Crippen LogP contribution is -2.38. The van der Waals surface area contributed by atoms with E-state index >= 15 is 0 Å². The van der Waals surface area contributed by atoms with Crippen molar-refractivity contribution in [3.05, 3.63) is 23.8 Å². The van der Waals surface area contributed by atoms with Crippen LogP contribution in [0.1, 0.15) is 44.1 Å². The minimum Gasteiger partial charge on any atom is -0.487 e. The summed E-state index contributed by atoms with van der Waals surface area (Å²) >= 11 is 0. The van der Waals surface area contributed by atoms with Gasteiger partial charge in [-0.3, -0.25) is 0 Å². The molecule has 0 spiro atoms. The predicted octanol–water partition coefficient (Wildman–Crippen LogP) is 4.18. The van der Waals surface area contributed by atoms with E-state index in [1.54, 1.807) is 12.1 Å². The monoisotopic (exact) mass is 372 g/mol. The van der Waals surface area contributed by atoms with Crippen LogP contribution in [0.15, 0.2) is 18.2 Å². The first-order valence-electron chi connectivity index (χ1n) is 8.51. The third-order valence-electron chi connectivity index (χ3n) is 4.98. The molecule has 1 saturated carbocycles. The van der Waals surface area contributed by atoms with Crippen molar-refractivity contribution in [1.82, 2.24) is 5.32 Å². The van der Waals surface area contributed by atoms with Gasteiger partial charge in [-0.05, 0) is 69.3 Å². The summed E-state index contributed by atoms with van der Waals surface area (Å²) in [6, 6.07) is 7.38. The summed E-state index contributed by atoms with van der Waals surface area (Å²) in [7, 11) is 0. The Morgan fingerprint density at radius 3 is 2.44 bits per heavy atom. The molecule has 138 valence electrons. The summed E-state index contributed by atoms with van der Waals surface area (Å²) in [5.41, 5.74) is 0.226. The van der Waals surface area contributed by atoms with Crippen LogP contribution in [-0.4, -0.2) is 25.8 Å². The van der Waals surface area contributed by atoms with Crippen LogP contribution in [0.2, 0.25) is 0 Å². The second-order valence-corrected chi connectivity index (χ2v) is 6.51. The number of nitrogens with one attached hydrogen (secondary N) is 1. The Labute approximate surface area is 152 Å². The fraction of sp³-hybridized carbons (Fsp3) is 0.611. The molecule has 0 aromatic heterocycles. The van der Waals surface area contributed by atoms with Crippen LogP contribution in [-0.2, 0) is 5.41 Å². The molecule has 1 aliphatic heterocycles. The number of hydrogen-bond acceptors (Lipinski definition) is 4. The van der Waals surface area contributed by atoms with Crippen molar-refractivity contribution in [3.63, 3.8) is 0 Å². The topological polar surface area (TPSA) is 54.3 Å². The van der Waals surface area contributed by atoms with E-state index < -0.39 is 12.0 Å². The molecule has 0 unspecified atom stereocenters. The molecule has 0 atom stereocenters. The quantitative estimate of drug-likeness (QED) is 0.842. The minimum atomic E-state index is -2.90. The summed E-state index contributed by atoms with van der Waals surface area (Å²) in [6.45, 7) is -1.37. The van der Waals surface area contributed by atoms with E-state index in [1.807, 2.05) is 0 Å². The SMILES string of the molecule is Cl.N#CC1(c2ccc(OC(F)F)c(OC3CCCC3)c2)CCNCC1. The molecule has 0 amide bonds. The number of nitrogens with zero attached hydrogens (tertiary/aromatic N) is 1. The highest BCUT2D eigenvalue weighted by atomic mass is 35.5. The van der Waals surface area contributed by atoms with Crippen molar-refractivity contribution in [3.8, 4) is 17.6 Å². The highest BCUT2D eigenvalue weighted by molar-refractivity contribution is 5.85. The van der Waals surface area contributed by atoms with Crippen LogP contribution in [0.5, 0.6) is 11.5 Å². The van der Waals surface area contributed by atoms with Gasteiger partial charge in [0, 0.05) is 0 Å². The maximum absolute atomic E-state index is 12.7. The van der Waals surface area contributed by atoms with Crippen molar-refractivity contribution in [2.75, 3.05) is 13.1 Å². The van der Waals surface area contributed by atoms with E-state index in [-0.39, 0.29) is 24.3 Å². The molecule has 1 saturated heterocycles. The van der Waals surface area contributed by atoms with Gasteiger partial charge in [-0.2, -0.15) is 14.0 Å². The first kappa shape index (κ1) is 19.7. The van der Waals surface area contributed by atoms with Crippen molar-refractivity contribution < 1.29 is 18.3 Å². The van der Waals surface area contributed by atoms with Gasteiger partial charge in [0.05, 0.1) is 17.6 Å². The van der Waals surface area contributed by atoms with Crippen LogP contribution in [0.3, 0.4) is 0 Å². The maximum Gasteiger partial charge on any atom is 0.387 e. The third-order valence-corrected chi connectivity index (χ3v) is 4.98. The largest absolute Gasteiger partial charge is 0.487 e. The standard InChI is InChI=1S/C18H22F2N2O2.ClH/c19-17(20)24-15-6-5-13(18(12-21)7-9-22-10-8-18)11-16(15)23-14-3-1-2-4-14;/h5-6,11,14,17,22H,1-4,7-10H2;1H. The van der Waals surface area contributed by atoms with Gasteiger partial charge < -0.3 is 14.8 Å². The minimum absolute atomic E-state index is 0. The average Bonchev–Trinajstić information content (AvgIpc) is 3.09. The Morgan fingerprint density at radius 1 is 1.16 bits per heavy atom. The van der Waals surface area contributed by atoms with E-state index in [9.17, 15) is 14.0 Å². The molecule has 1 N–H and O–H groups in total. The molecule has 2 aliphatic rings. The Morgan fingerprint density at radius 2 is 1.84 bits per heavy atom. The molecule has 1 aliphatic carbocycles. The van der Waals surface area contributed by atoms with Crippen LogP contribution in [0, 0.1) is 11.3 Å². The molecular weight excluding hydrogens is 350 g/mol. The normalized spacial score (nSPS) is 19.9. The van der Waals surface area contributed by atoms with Crippen molar-refractivity contribution in [2.45, 2.75) is 56.7 Å². The molecule has 1 aromatic carbocycles. The van der Waals surface area contributed by atoms with Gasteiger partial charge in [-0.1, -0.05) is 6.07 Å². The second-order valence-electron chi connectivity index (χ2n) is 6.51. The Bertz CT molecular complexity index is 610. The lowest BCUT2D eigenvalue weighted by molar-refractivity contribution is -0.0520. The smallest absolute Gasteiger partial charge is 0.387 e. The Balaban J connectivity index is 0.00000225. The van der Waals surface area contributed by atoms with E-state index in [2.05, 4.69) is 16.1 Å². The number of piperidine rings is 1. The zero-order valence-electron chi connectivity index (χ0n) is 14.0. The fourth-order valence-electron chi connectivity index (χ4n) is 3.60. The molecule has 7 heteroatoms. The van der Waals surface area contributed by atoms with Crippen LogP contribution in [0.25, 0.3) is 0 Å². The number of nitriles is 1. The number of ether oxygens (including phenoxy) is 2. The molecule has 0 bridgehead atoms. The van der Waals surface area contributed by atoms with Gasteiger partial charge in [-0.15, -0.1) is 12.4 Å². The molecule has 4 nitrogen and oxygen atoms in total. The van der Waals surface area contributed by atoms with E-state index in [4.69, 9.17) is 4.74 Å². The van der Waals surface area contributed by atoms with Gasteiger partial charge >= 0.3 is 6.61 Å². The molecule has 25 heavy (non-hydrogen) atoms. The highest BCUT2D eigenvalue weighted by Crippen LogP contribution is 2.39. The zero-order valence-corrected chi connectivity index (χ0v) is 14.8. The fourth-order valence-corrected chi connectivity index (χ4v) is 3.60. The molecule has 1 heterocycles. The van der Waals surface area contributed by atoms with Crippen molar-refractivity contribution in [2.24, 2.45) is 0 Å².